The zero-order valence-corrected chi connectivity index (χ0v) is 43.1. The van der Waals surface area contributed by atoms with Crippen molar-refractivity contribution in [2.45, 2.75) is 52.4 Å². The lowest BCUT2D eigenvalue weighted by atomic mass is 10.0. The maximum absolute atomic E-state index is 12.8. The number of allylic oxidation sites excluding steroid dienone is 2. The molecule has 16 heteroatoms. The summed E-state index contributed by atoms with van der Waals surface area (Å²) in [5.74, 6) is 5.08. The molecule has 12 rings (SSSR count). The number of nitrogens with one attached hydrogen (secondary N) is 1. The number of piperidine rings is 2. The molecule has 4 atom stereocenters. The Morgan fingerprint density at radius 2 is 1.09 bits per heavy atom. The molecular weight excluding hydrogens is 980 g/mol. The second kappa shape index (κ2) is 23.1. The van der Waals surface area contributed by atoms with Crippen molar-refractivity contribution in [1.29, 1.82) is 0 Å². The molecule has 388 valence electrons. The number of furan rings is 2. The van der Waals surface area contributed by atoms with Crippen molar-refractivity contribution in [2.24, 2.45) is 23.7 Å². The number of amides is 1. The van der Waals surface area contributed by atoms with Gasteiger partial charge >= 0.3 is 5.97 Å². The number of hydrogen-bond donors (Lipinski definition) is 4. The van der Waals surface area contributed by atoms with Crippen LogP contribution in [0.15, 0.2) is 131 Å². The summed E-state index contributed by atoms with van der Waals surface area (Å²) in [6.45, 7) is 8.33. The van der Waals surface area contributed by atoms with Crippen molar-refractivity contribution in [2.75, 3.05) is 37.6 Å². The number of aryl methyl sites for hydroxylation is 4. The van der Waals surface area contributed by atoms with Crippen LogP contribution in [0, 0.1) is 37.5 Å². The second-order valence-electron chi connectivity index (χ2n) is 20.0. The molecule has 0 bridgehead atoms. The molecule has 2 aliphatic carbocycles. The van der Waals surface area contributed by atoms with Crippen molar-refractivity contribution >= 4 is 81.6 Å². The van der Waals surface area contributed by atoms with Crippen molar-refractivity contribution < 1.29 is 33.1 Å². The van der Waals surface area contributed by atoms with Crippen LogP contribution in [-0.4, -0.2) is 79.6 Å². The van der Waals surface area contributed by atoms with Crippen LogP contribution in [0.25, 0.3) is 56.6 Å². The van der Waals surface area contributed by atoms with Gasteiger partial charge in [0.15, 0.2) is 11.6 Å². The highest BCUT2D eigenvalue weighted by molar-refractivity contribution is 5.96. The molecule has 76 heavy (non-hydrogen) atoms. The normalized spacial score (nSPS) is 17.8. The molecule has 4 unspecified atom stereocenters. The Morgan fingerprint density at radius 3 is 1.49 bits per heavy atom. The number of carboxylic acids is 1. The van der Waals surface area contributed by atoms with Crippen LogP contribution in [0.3, 0.4) is 0 Å². The molecule has 2 aliphatic heterocycles. The molecule has 15 nitrogen and oxygen atoms in total. The van der Waals surface area contributed by atoms with Crippen LogP contribution >= 0.6 is 12.4 Å². The molecular formula is C60H59ClN8O7. The van der Waals surface area contributed by atoms with Gasteiger partial charge in [-0.15, -0.1) is 12.4 Å². The number of halogens is 1. The fraction of sp³-hybridized carbons (Fsp3) is 0.267. The Kier molecular flexibility index (Phi) is 16.0. The second-order valence-corrected chi connectivity index (χ2v) is 20.0. The highest BCUT2D eigenvalue weighted by atomic mass is 35.5. The fourth-order valence-corrected chi connectivity index (χ4v) is 9.77. The van der Waals surface area contributed by atoms with Crippen molar-refractivity contribution in [3.8, 4) is 22.5 Å². The van der Waals surface area contributed by atoms with Gasteiger partial charge in [0.1, 0.15) is 34.3 Å². The molecule has 2 saturated carbocycles. The standard InChI is InChI=1S/C30H28N4O3.C25H21N3O4.C5H9N.ClH/c1-18-10-21(27-8-4-20(15-32-27)30(36)34-16-23-12-24(23)17-34)11-22-13-26(37-29(18)22)7-6-25(35)5-2-19-3-9-28(31)33-14-19;1-15-10-18(22-8-4-17(14-27-22)25(30)31)11-19-12-21(32-24(15)19)7-6-20(29)5-2-16-3-9-23(26)28-13-16;1-4-2-6-3-5(1)4;/h2-5,8-11,13-15,23-24H,6-7,12,16-17H2,1H3,(H2,31,33);2-5,8-14H,6-7H2,1H3,(H2,26,28)(H,30,31);4-6H,1-3H2;1H/b2*5-2+;;. The molecule has 0 spiro atoms. The number of aromatic nitrogens is 4. The molecule has 2 saturated heterocycles. The van der Waals surface area contributed by atoms with Gasteiger partial charge in [0.25, 0.3) is 5.91 Å². The summed E-state index contributed by atoms with van der Waals surface area (Å²) in [6.07, 6.45) is 17.3. The lowest BCUT2D eigenvalue weighted by Gasteiger charge is -2.17. The summed E-state index contributed by atoms with van der Waals surface area (Å²) in [4.78, 5) is 67.2. The van der Waals surface area contributed by atoms with Gasteiger partial charge in [-0.25, -0.2) is 14.8 Å². The van der Waals surface area contributed by atoms with E-state index >= 15 is 0 Å². The van der Waals surface area contributed by atoms with Gasteiger partial charge in [-0.05, 0) is 195 Å². The number of fused-ring (bicyclic) bond motifs is 4. The number of aromatic carboxylic acids is 1. The minimum absolute atomic E-state index is 0. The first-order chi connectivity index (χ1) is 36.3. The van der Waals surface area contributed by atoms with Crippen LogP contribution in [0.4, 0.5) is 11.6 Å². The van der Waals surface area contributed by atoms with Gasteiger partial charge in [0.05, 0.1) is 22.5 Å². The molecule has 1 amide bonds. The minimum Gasteiger partial charge on any atom is -0.478 e. The Morgan fingerprint density at radius 1 is 0.618 bits per heavy atom. The van der Waals surface area contributed by atoms with Crippen LogP contribution < -0.4 is 16.8 Å². The molecule has 8 aromatic rings. The summed E-state index contributed by atoms with van der Waals surface area (Å²) < 4.78 is 12.0. The van der Waals surface area contributed by atoms with E-state index in [0.29, 0.717) is 60.4 Å². The molecule has 8 heterocycles. The zero-order valence-electron chi connectivity index (χ0n) is 42.3. The number of hydrogen-bond acceptors (Lipinski definition) is 13. The highest BCUT2D eigenvalue weighted by Crippen LogP contribution is 2.45. The monoisotopic (exact) mass is 1040 g/mol. The number of likely N-dealkylation sites (tertiary alicyclic amines) is 1. The van der Waals surface area contributed by atoms with Crippen LogP contribution in [0.5, 0.6) is 0 Å². The number of nitrogens with two attached hydrogens (primary N) is 2. The van der Waals surface area contributed by atoms with Crippen LogP contribution in [-0.2, 0) is 22.4 Å². The van der Waals surface area contributed by atoms with E-state index in [4.69, 9.17) is 25.4 Å². The van der Waals surface area contributed by atoms with E-state index in [0.717, 1.165) is 97.5 Å². The fourth-order valence-electron chi connectivity index (χ4n) is 9.77. The van der Waals surface area contributed by atoms with Crippen molar-refractivity contribution in [3.05, 3.63) is 167 Å². The van der Waals surface area contributed by atoms with Gasteiger partial charge in [0, 0.05) is 85.5 Å². The van der Waals surface area contributed by atoms with Gasteiger partial charge in [0.2, 0.25) is 0 Å². The van der Waals surface area contributed by atoms with Crippen LogP contribution in [0.1, 0.15) is 80.2 Å². The van der Waals surface area contributed by atoms with Crippen LogP contribution in [0.2, 0.25) is 0 Å². The smallest absolute Gasteiger partial charge is 0.337 e. The number of benzene rings is 2. The predicted molar refractivity (Wildman–Crippen MR) is 297 cm³/mol. The summed E-state index contributed by atoms with van der Waals surface area (Å²) in [6, 6.07) is 25.9. The molecule has 4 aliphatic rings. The minimum atomic E-state index is -1.01. The Balaban J connectivity index is 0.000000166. The van der Waals surface area contributed by atoms with Crippen molar-refractivity contribution in [1.82, 2.24) is 30.2 Å². The maximum Gasteiger partial charge on any atom is 0.337 e. The van der Waals surface area contributed by atoms with E-state index in [1.165, 1.54) is 44.3 Å². The Bertz CT molecular complexity index is 3460. The number of ketones is 2. The first kappa shape index (κ1) is 52.6. The van der Waals surface area contributed by atoms with E-state index in [-0.39, 0.29) is 35.4 Å². The maximum atomic E-state index is 12.8. The van der Waals surface area contributed by atoms with Crippen molar-refractivity contribution in [3.63, 3.8) is 0 Å². The average molecular weight is 1040 g/mol. The number of rotatable bonds is 14. The Labute approximate surface area is 445 Å². The number of carbonyl (C=O) groups excluding carboxylic acids is 3. The molecule has 2 aromatic carbocycles. The SMILES string of the molecule is C1NCC2CC12.Cc1cc(-c2ccc(C(=O)N3CC4CC4C3)cn2)cc2cc(CCC(=O)/C=C/c3ccc(N)nc3)oc12.Cc1cc(-c2ccc(C(=O)O)cn2)cc2cc(CCC(=O)/C=C/c3ccc(N)nc3)oc12.Cl. The third kappa shape index (κ3) is 13.0. The summed E-state index contributed by atoms with van der Waals surface area (Å²) in [5.41, 5.74) is 20.4. The average Bonchev–Trinajstić information content (AvgIpc) is 3.98. The summed E-state index contributed by atoms with van der Waals surface area (Å²) in [7, 11) is 0. The summed E-state index contributed by atoms with van der Waals surface area (Å²) in [5, 5.41) is 14.2. The molecule has 4 fully saturated rings. The van der Waals surface area contributed by atoms with E-state index in [9.17, 15) is 19.2 Å². The lowest BCUT2D eigenvalue weighted by molar-refractivity contribution is -0.115. The number of anilines is 2. The van der Waals surface area contributed by atoms with Gasteiger partial charge in [-0.3, -0.25) is 24.4 Å². The van der Waals surface area contributed by atoms with Gasteiger partial charge in [-0.1, -0.05) is 0 Å². The number of carbonyl (C=O) groups is 4. The first-order valence-corrected chi connectivity index (χ1v) is 25.4. The number of nitrogens with zero attached hydrogens (tertiary/aromatic N) is 5. The van der Waals surface area contributed by atoms with E-state index in [1.807, 2.05) is 73.3 Å². The quantitative estimate of drug-likeness (QED) is 0.0742. The third-order valence-electron chi connectivity index (χ3n) is 14.2. The largest absolute Gasteiger partial charge is 0.478 e. The van der Waals surface area contributed by atoms with E-state index in [2.05, 4.69) is 25.3 Å². The zero-order chi connectivity index (χ0) is 52.2. The van der Waals surface area contributed by atoms with Gasteiger partial charge < -0.3 is 35.6 Å². The lowest BCUT2D eigenvalue weighted by Crippen LogP contribution is -2.30. The molecule has 0 radical (unpaired) electrons. The van der Waals surface area contributed by atoms with E-state index < -0.39 is 5.97 Å². The Hall–Kier alpha value is -8.27. The molecule has 6 N–H and O–H groups in total. The number of nitrogen functional groups attached to an aromatic ring is 2. The molecule has 6 aromatic heterocycles. The highest BCUT2D eigenvalue weighted by Gasteiger charge is 2.46. The first-order valence-electron chi connectivity index (χ1n) is 25.4. The third-order valence-corrected chi connectivity index (χ3v) is 14.2. The number of pyridine rings is 4. The van der Waals surface area contributed by atoms with Gasteiger partial charge in [-0.2, -0.15) is 0 Å². The predicted octanol–water partition coefficient (Wildman–Crippen LogP) is 10.4. The van der Waals surface area contributed by atoms with E-state index in [1.54, 1.807) is 61.1 Å². The number of carboxylic acid groups (broad SMARTS) is 1. The topological polar surface area (TPSA) is 234 Å². The summed E-state index contributed by atoms with van der Waals surface area (Å²) >= 11 is 0.